The maximum absolute atomic E-state index is 9.82. The molecule has 1 aromatic carbocycles. The molecule has 0 saturated heterocycles. The molecule has 0 unspecified atom stereocenters. The van der Waals surface area contributed by atoms with Gasteiger partial charge in [-0.3, -0.25) is 4.68 Å². The summed E-state index contributed by atoms with van der Waals surface area (Å²) in [5, 5.41) is 15.9. The van der Waals surface area contributed by atoms with Gasteiger partial charge < -0.3 is 14.7 Å². The van der Waals surface area contributed by atoms with E-state index in [4.69, 9.17) is 9.84 Å². The van der Waals surface area contributed by atoms with Crippen LogP contribution in [0.1, 0.15) is 44.9 Å². The lowest BCUT2D eigenvalue weighted by Gasteiger charge is -2.33. The Balaban J connectivity index is 0.000000628. The standard InChI is InChI=1S/C22H25N3O2.C4H10/c1-15-13-20-22-18-9-6-8-17(7-4-5-12-27-3)21(18)23-25(22)11-10-24(20)14-19(15)16(2)26;1-4(2)3/h6,8-9,13-14,26H,1-2,4-5,7,10-12H2,3H3;4H,1-3H3. The molecule has 2 aliphatic heterocycles. The molecule has 1 aromatic heterocycles. The number of allylic oxidation sites excluding steroid dienone is 2. The van der Waals surface area contributed by atoms with Crippen LogP contribution < -0.4 is 0 Å². The summed E-state index contributed by atoms with van der Waals surface area (Å²) < 4.78 is 7.26. The minimum Gasteiger partial charge on any atom is -0.508 e. The van der Waals surface area contributed by atoms with Crippen molar-refractivity contribution < 1.29 is 9.84 Å². The second kappa shape index (κ2) is 10.0. The van der Waals surface area contributed by atoms with E-state index < -0.39 is 0 Å². The first-order chi connectivity index (χ1) is 14.8. The van der Waals surface area contributed by atoms with Gasteiger partial charge in [-0.25, -0.2) is 0 Å². The number of hydrogen-bond donors (Lipinski definition) is 1. The van der Waals surface area contributed by atoms with Crippen molar-refractivity contribution >= 4 is 16.6 Å². The van der Waals surface area contributed by atoms with Crippen molar-refractivity contribution in [3.05, 3.63) is 71.8 Å². The fourth-order valence-electron chi connectivity index (χ4n) is 3.89. The lowest BCUT2D eigenvalue weighted by atomic mass is 9.98. The van der Waals surface area contributed by atoms with Crippen molar-refractivity contribution in [1.29, 1.82) is 0 Å². The van der Waals surface area contributed by atoms with Gasteiger partial charge in [-0.05, 0) is 42.4 Å². The Bertz CT molecular complexity index is 1020. The Kier molecular flexibility index (Phi) is 7.39. The molecule has 3 heterocycles. The van der Waals surface area contributed by atoms with Crippen LogP contribution in [-0.2, 0) is 17.7 Å². The van der Waals surface area contributed by atoms with Gasteiger partial charge in [0.1, 0.15) is 5.76 Å². The first-order valence-corrected chi connectivity index (χ1v) is 11.1. The fraction of sp³-hybridized carbons (Fsp3) is 0.423. The summed E-state index contributed by atoms with van der Waals surface area (Å²) in [4.78, 5) is 2.16. The third kappa shape index (κ3) is 5.10. The van der Waals surface area contributed by atoms with E-state index in [-0.39, 0.29) is 5.76 Å². The van der Waals surface area contributed by atoms with Crippen LogP contribution in [0.4, 0.5) is 0 Å². The molecular formula is C26H35N3O2. The van der Waals surface area contributed by atoms with Gasteiger partial charge in [0.05, 0.1) is 23.5 Å². The highest BCUT2D eigenvalue weighted by atomic mass is 16.5. The fourth-order valence-corrected chi connectivity index (χ4v) is 3.89. The Morgan fingerprint density at radius 3 is 2.65 bits per heavy atom. The SMILES string of the molecule is C=C(O)C1=CN2CCn3nc4c(CCCCOC)cccc4c3C2=CC1=C.CC(C)C. The highest BCUT2D eigenvalue weighted by Gasteiger charge is 2.28. The molecule has 5 nitrogen and oxygen atoms in total. The van der Waals surface area contributed by atoms with Gasteiger partial charge in [0.15, 0.2) is 0 Å². The molecule has 0 amide bonds. The molecule has 0 aliphatic carbocycles. The summed E-state index contributed by atoms with van der Waals surface area (Å²) in [6.45, 7) is 16.6. The Morgan fingerprint density at radius 1 is 1.23 bits per heavy atom. The summed E-state index contributed by atoms with van der Waals surface area (Å²) in [7, 11) is 1.74. The number of hydrogen-bond acceptors (Lipinski definition) is 4. The van der Waals surface area contributed by atoms with Crippen LogP contribution in [0.25, 0.3) is 16.6 Å². The van der Waals surface area contributed by atoms with Gasteiger partial charge >= 0.3 is 0 Å². The zero-order chi connectivity index (χ0) is 22.5. The van der Waals surface area contributed by atoms with E-state index in [1.807, 2.05) is 12.3 Å². The van der Waals surface area contributed by atoms with E-state index in [9.17, 15) is 5.11 Å². The topological polar surface area (TPSA) is 50.5 Å². The van der Waals surface area contributed by atoms with Crippen LogP contribution in [-0.4, -0.2) is 40.0 Å². The number of benzene rings is 1. The average molecular weight is 422 g/mol. The van der Waals surface area contributed by atoms with Crippen molar-refractivity contribution in [2.75, 3.05) is 20.3 Å². The quantitative estimate of drug-likeness (QED) is 0.469. The lowest BCUT2D eigenvalue weighted by molar-refractivity contribution is 0.193. The van der Waals surface area contributed by atoms with Crippen LogP contribution in [0.15, 0.2) is 60.5 Å². The number of methoxy groups -OCH3 is 1. The number of rotatable bonds is 6. The molecule has 4 rings (SSSR count). The summed E-state index contributed by atoms with van der Waals surface area (Å²) in [6.07, 6.45) is 7.11. The Morgan fingerprint density at radius 2 is 1.97 bits per heavy atom. The van der Waals surface area contributed by atoms with E-state index >= 15 is 0 Å². The van der Waals surface area contributed by atoms with Crippen LogP contribution in [0.5, 0.6) is 0 Å². The van der Waals surface area contributed by atoms with E-state index in [1.165, 1.54) is 10.9 Å². The van der Waals surface area contributed by atoms with Crippen molar-refractivity contribution in [1.82, 2.24) is 14.7 Å². The number of ether oxygens (including phenoxy) is 1. The lowest BCUT2D eigenvalue weighted by Crippen LogP contribution is -2.31. The molecule has 166 valence electrons. The number of fused-ring (bicyclic) bond motifs is 5. The summed E-state index contributed by atoms with van der Waals surface area (Å²) in [6, 6.07) is 6.43. The molecule has 0 saturated carbocycles. The van der Waals surface area contributed by atoms with Gasteiger partial charge in [0, 0.05) is 37.4 Å². The maximum Gasteiger partial charge on any atom is 0.117 e. The van der Waals surface area contributed by atoms with E-state index in [0.29, 0.717) is 5.57 Å². The normalized spacial score (nSPS) is 15.1. The number of aliphatic hydroxyl groups excluding tert-OH is 1. The van der Waals surface area contributed by atoms with Crippen molar-refractivity contribution in [3.8, 4) is 0 Å². The van der Waals surface area contributed by atoms with Gasteiger partial charge in [-0.15, -0.1) is 0 Å². The van der Waals surface area contributed by atoms with Crippen molar-refractivity contribution in [3.63, 3.8) is 0 Å². The number of aryl methyl sites for hydroxylation is 1. The molecule has 1 N–H and O–H groups in total. The Labute approximate surface area is 186 Å². The number of aromatic nitrogens is 2. The van der Waals surface area contributed by atoms with Crippen LogP contribution in [0.2, 0.25) is 0 Å². The molecule has 0 spiro atoms. The van der Waals surface area contributed by atoms with Gasteiger partial charge in [0.25, 0.3) is 0 Å². The van der Waals surface area contributed by atoms with Crippen LogP contribution >= 0.6 is 0 Å². The third-order valence-electron chi connectivity index (χ3n) is 5.26. The zero-order valence-corrected chi connectivity index (χ0v) is 19.3. The van der Waals surface area contributed by atoms with Gasteiger partial charge in [-0.1, -0.05) is 52.1 Å². The number of unbranched alkanes of at least 4 members (excludes halogenated alkanes) is 1. The van der Waals surface area contributed by atoms with Crippen LogP contribution in [0, 0.1) is 5.92 Å². The molecule has 2 aromatic rings. The van der Waals surface area contributed by atoms with Gasteiger partial charge in [0.2, 0.25) is 0 Å². The molecule has 31 heavy (non-hydrogen) atoms. The highest BCUT2D eigenvalue weighted by molar-refractivity contribution is 5.93. The maximum atomic E-state index is 9.82. The minimum atomic E-state index is 0.0533. The van der Waals surface area contributed by atoms with E-state index in [1.54, 1.807) is 7.11 Å². The zero-order valence-electron chi connectivity index (χ0n) is 19.3. The van der Waals surface area contributed by atoms with Crippen molar-refractivity contribution in [2.24, 2.45) is 5.92 Å². The molecule has 0 radical (unpaired) electrons. The summed E-state index contributed by atoms with van der Waals surface area (Å²) >= 11 is 0. The molecule has 0 fully saturated rings. The average Bonchev–Trinajstić information content (AvgIpc) is 3.10. The van der Waals surface area contributed by atoms with Crippen molar-refractivity contribution in [2.45, 2.75) is 46.6 Å². The highest BCUT2D eigenvalue weighted by Crippen LogP contribution is 2.37. The number of aliphatic hydroxyl groups is 1. The summed E-state index contributed by atoms with van der Waals surface area (Å²) in [5.41, 5.74) is 6.03. The first kappa shape index (κ1) is 22.9. The second-order valence-electron chi connectivity index (χ2n) is 8.80. The summed E-state index contributed by atoms with van der Waals surface area (Å²) in [5.74, 6) is 0.887. The van der Waals surface area contributed by atoms with Crippen LogP contribution in [0.3, 0.4) is 0 Å². The van der Waals surface area contributed by atoms with E-state index in [0.717, 1.165) is 67.4 Å². The monoisotopic (exact) mass is 421 g/mol. The molecule has 5 heteroatoms. The second-order valence-corrected chi connectivity index (χ2v) is 8.80. The van der Waals surface area contributed by atoms with E-state index in [2.05, 4.69) is 61.7 Å². The molecule has 0 atom stereocenters. The predicted octanol–water partition coefficient (Wildman–Crippen LogP) is 5.85. The number of nitrogens with zero attached hydrogens (tertiary/aromatic N) is 3. The first-order valence-electron chi connectivity index (χ1n) is 11.1. The molecular weight excluding hydrogens is 386 g/mol. The van der Waals surface area contributed by atoms with Gasteiger partial charge in [-0.2, -0.15) is 5.10 Å². The third-order valence-corrected chi connectivity index (χ3v) is 5.26. The molecule has 2 aliphatic rings. The Hall–Kier alpha value is -2.79. The smallest absolute Gasteiger partial charge is 0.117 e. The minimum absolute atomic E-state index is 0.0533. The predicted molar refractivity (Wildman–Crippen MR) is 129 cm³/mol. The largest absolute Gasteiger partial charge is 0.508 e. The molecule has 0 bridgehead atoms.